The summed E-state index contributed by atoms with van der Waals surface area (Å²) in [4.78, 5) is 0. The molecular formula is C12H14FNO2. The Bertz CT molecular complexity index is 417. The van der Waals surface area contributed by atoms with Crippen molar-refractivity contribution in [2.45, 2.75) is 19.1 Å². The third kappa shape index (κ3) is 1.45. The fraction of sp³-hybridized carbons (Fsp3) is 0.500. The molecule has 0 radical (unpaired) electrons. The zero-order valence-corrected chi connectivity index (χ0v) is 9.13. The predicted octanol–water partition coefficient (Wildman–Crippen LogP) is 1.92. The van der Waals surface area contributed by atoms with E-state index in [1.807, 2.05) is 6.92 Å². The van der Waals surface area contributed by atoms with E-state index in [0.29, 0.717) is 17.4 Å². The van der Waals surface area contributed by atoms with Gasteiger partial charge in [-0.3, -0.25) is 0 Å². The number of ether oxygens (including phenoxy) is 2. The summed E-state index contributed by atoms with van der Waals surface area (Å²) in [5.41, 5.74) is 0. The van der Waals surface area contributed by atoms with E-state index in [9.17, 15) is 4.39 Å². The number of halogens is 1. The lowest BCUT2D eigenvalue weighted by Gasteiger charge is -2.28. The highest BCUT2D eigenvalue weighted by Crippen LogP contribution is 2.43. The molecule has 0 aromatic heterocycles. The summed E-state index contributed by atoms with van der Waals surface area (Å²) in [6.07, 6.45) is 1.02. The van der Waals surface area contributed by atoms with Gasteiger partial charge in [0.05, 0.1) is 0 Å². The van der Waals surface area contributed by atoms with E-state index in [4.69, 9.17) is 9.47 Å². The van der Waals surface area contributed by atoms with Gasteiger partial charge in [0.15, 0.2) is 11.5 Å². The first-order valence-electron chi connectivity index (χ1n) is 5.56. The van der Waals surface area contributed by atoms with Gasteiger partial charge in [0, 0.05) is 25.5 Å². The van der Waals surface area contributed by atoms with Crippen molar-refractivity contribution in [1.29, 1.82) is 0 Å². The first-order valence-corrected chi connectivity index (χ1v) is 5.56. The summed E-state index contributed by atoms with van der Waals surface area (Å²) in [5, 5.41) is 3.28. The average Bonchev–Trinajstić information content (AvgIpc) is 2.83. The minimum atomic E-state index is -0.653. The van der Waals surface area contributed by atoms with E-state index in [-0.39, 0.29) is 5.82 Å². The van der Waals surface area contributed by atoms with Crippen LogP contribution in [0.15, 0.2) is 18.2 Å². The normalized spacial score (nSPS) is 32.0. The number of nitrogens with one attached hydrogen (secondary N) is 1. The van der Waals surface area contributed by atoms with Crippen LogP contribution in [0.1, 0.15) is 13.3 Å². The van der Waals surface area contributed by atoms with Crippen LogP contribution in [0.2, 0.25) is 0 Å². The molecule has 2 aliphatic heterocycles. The molecule has 2 atom stereocenters. The third-order valence-corrected chi connectivity index (χ3v) is 3.33. The maximum absolute atomic E-state index is 13.0. The molecule has 0 bridgehead atoms. The molecule has 2 heterocycles. The van der Waals surface area contributed by atoms with Gasteiger partial charge in [-0.25, -0.2) is 4.39 Å². The third-order valence-electron chi connectivity index (χ3n) is 3.33. The lowest BCUT2D eigenvalue weighted by Crippen LogP contribution is -2.44. The number of hydrogen-bond acceptors (Lipinski definition) is 3. The highest BCUT2D eigenvalue weighted by atomic mass is 19.1. The molecule has 4 heteroatoms. The molecule has 86 valence electrons. The molecule has 2 unspecified atom stereocenters. The molecule has 0 aliphatic carbocycles. The number of fused-ring (bicyclic) bond motifs is 1. The summed E-state index contributed by atoms with van der Waals surface area (Å²) in [6.45, 7) is 3.78. The van der Waals surface area contributed by atoms with Gasteiger partial charge < -0.3 is 14.8 Å². The Kier molecular flexibility index (Phi) is 2.07. The smallest absolute Gasteiger partial charge is 0.252 e. The maximum Gasteiger partial charge on any atom is 0.252 e. The average molecular weight is 223 g/mol. The second kappa shape index (κ2) is 3.35. The molecule has 1 saturated heterocycles. The predicted molar refractivity (Wildman–Crippen MR) is 57.0 cm³/mol. The summed E-state index contributed by atoms with van der Waals surface area (Å²) >= 11 is 0. The minimum absolute atomic E-state index is 0.295. The zero-order valence-electron chi connectivity index (χ0n) is 9.13. The van der Waals surface area contributed by atoms with Gasteiger partial charge in [-0.1, -0.05) is 0 Å². The molecule has 0 spiro atoms. The van der Waals surface area contributed by atoms with E-state index >= 15 is 0 Å². The molecule has 1 fully saturated rings. The quantitative estimate of drug-likeness (QED) is 0.789. The number of hydrogen-bond donors (Lipinski definition) is 1. The summed E-state index contributed by atoms with van der Waals surface area (Å²) < 4.78 is 24.6. The molecular weight excluding hydrogens is 209 g/mol. The Labute approximate surface area is 93.6 Å². The summed E-state index contributed by atoms with van der Waals surface area (Å²) in [7, 11) is 0. The first-order chi connectivity index (χ1) is 7.67. The van der Waals surface area contributed by atoms with E-state index in [0.717, 1.165) is 19.5 Å². The van der Waals surface area contributed by atoms with Crippen LogP contribution in [-0.2, 0) is 0 Å². The van der Waals surface area contributed by atoms with Crippen LogP contribution in [0, 0.1) is 11.7 Å². The van der Waals surface area contributed by atoms with Crippen LogP contribution in [0.25, 0.3) is 0 Å². The Balaban J connectivity index is 1.88. The monoisotopic (exact) mass is 223 g/mol. The lowest BCUT2D eigenvalue weighted by molar-refractivity contribution is -0.104. The molecule has 1 N–H and O–H groups in total. The zero-order chi connectivity index (χ0) is 11.2. The number of rotatable bonds is 1. The van der Waals surface area contributed by atoms with Crippen LogP contribution >= 0.6 is 0 Å². The standard InChI is InChI=1S/C12H14FNO2/c1-12(8-4-5-14-7-8)15-10-3-2-9(13)6-11(10)16-12/h2-3,6,8,14H,4-5,7H2,1H3. The van der Waals surface area contributed by atoms with Crippen molar-refractivity contribution in [2.24, 2.45) is 5.92 Å². The van der Waals surface area contributed by atoms with Gasteiger partial charge >= 0.3 is 0 Å². The van der Waals surface area contributed by atoms with Gasteiger partial charge in [0.25, 0.3) is 5.79 Å². The van der Waals surface area contributed by atoms with Crippen LogP contribution < -0.4 is 14.8 Å². The van der Waals surface area contributed by atoms with Crippen molar-refractivity contribution in [3.05, 3.63) is 24.0 Å². The minimum Gasteiger partial charge on any atom is -0.448 e. The second-order valence-corrected chi connectivity index (χ2v) is 4.50. The fourth-order valence-electron chi connectivity index (χ4n) is 2.37. The highest BCUT2D eigenvalue weighted by Gasteiger charge is 2.45. The van der Waals surface area contributed by atoms with Gasteiger partial charge in [-0.15, -0.1) is 0 Å². The molecule has 0 saturated carbocycles. The van der Waals surface area contributed by atoms with E-state index in [2.05, 4.69) is 5.32 Å². The van der Waals surface area contributed by atoms with Crippen molar-refractivity contribution in [1.82, 2.24) is 5.32 Å². The Morgan fingerprint density at radius 1 is 1.38 bits per heavy atom. The molecule has 16 heavy (non-hydrogen) atoms. The Hall–Kier alpha value is -1.29. The Morgan fingerprint density at radius 2 is 2.19 bits per heavy atom. The molecule has 1 aromatic carbocycles. The first kappa shape index (κ1) is 9.90. The molecule has 1 aromatic rings. The molecule has 3 nitrogen and oxygen atoms in total. The van der Waals surface area contributed by atoms with Crippen molar-refractivity contribution in [2.75, 3.05) is 13.1 Å². The molecule has 0 amide bonds. The summed E-state index contributed by atoms with van der Waals surface area (Å²) in [6, 6.07) is 4.39. The molecule has 2 aliphatic rings. The van der Waals surface area contributed by atoms with Crippen LogP contribution in [-0.4, -0.2) is 18.9 Å². The largest absolute Gasteiger partial charge is 0.448 e. The van der Waals surface area contributed by atoms with Crippen LogP contribution in [0.3, 0.4) is 0 Å². The van der Waals surface area contributed by atoms with Gasteiger partial charge in [0.2, 0.25) is 0 Å². The van der Waals surface area contributed by atoms with E-state index in [1.165, 1.54) is 12.1 Å². The van der Waals surface area contributed by atoms with Crippen molar-refractivity contribution >= 4 is 0 Å². The van der Waals surface area contributed by atoms with Crippen LogP contribution in [0.5, 0.6) is 11.5 Å². The van der Waals surface area contributed by atoms with Gasteiger partial charge in [-0.05, 0) is 25.1 Å². The second-order valence-electron chi connectivity index (χ2n) is 4.50. The van der Waals surface area contributed by atoms with Crippen molar-refractivity contribution < 1.29 is 13.9 Å². The van der Waals surface area contributed by atoms with Gasteiger partial charge in [0.1, 0.15) is 5.82 Å². The van der Waals surface area contributed by atoms with Crippen LogP contribution in [0.4, 0.5) is 4.39 Å². The van der Waals surface area contributed by atoms with Gasteiger partial charge in [-0.2, -0.15) is 0 Å². The van der Waals surface area contributed by atoms with Crippen molar-refractivity contribution in [3.63, 3.8) is 0 Å². The highest BCUT2D eigenvalue weighted by molar-refractivity contribution is 5.43. The van der Waals surface area contributed by atoms with E-state index < -0.39 is 5.79 Å². The lowest BCUT2D eigenvalue weighted by atomic mass is 9.99. The Morgan fingerprint density at radius 3 is 2.94 bits per heavy atom. The fourth-order valence-corrected chi connectivity index (χ4v) is 2.37. The SMILES string of the molecule is CC1(C2CCNC2)Oc2ccc(F)cc2O1. The molecule has 3 rings (SSSR count). The maximum atomic E-state index is 13.0. The topological polar surface area (TPSA) is 30.5 Å². The number of benzene rings is 1. The summed E-state index contributed by atoms with van der Waals surface area (Å²) in [5.74, 6) is 0.504. The van der Waals surface area contributed by atoms with E-state index in [1.54, 1.807) is 6.07 Å². The van der Waals surface area contributed by atoms with Crippen molar-refractivity contribution in [3.8, 4) is 11.5 Å².